The van der Waals surface area contributed by atoms with Crippen molar-refractivity contribution in [3.05, 3.63) is 83.8 Å². The van der Waals surface area contributed by atoms with Gasteiger partial charge in [0.2, 0.25) is 0 Å². The van der Waals surface area contributed by atoms with E-state index in [2.05, 4.69) is 10.3 Å². The molecule has 0 saturated heterocycles. The molecule has 2 aromatic carbocycles. The van der Waals surface area contributed by atoms with Crippen molar-refractivity contribution >= 4 is 23.3 Å². The minimum Gasteiger partial charge on any atom is -0.495 e. The van der Waals surface area contributed by atoms with Gasteiger partial charge in [0.05, 0.1) is 12.8 Å². The molecule has 3 aromatic rings. The Kier molecular flexibility index (Phi) is 5.96. The third kappa shape index (κ3) is 4.50. The molecular formula is C21H17FN2O4. The predicted molar refractivity (Wildman–Crippen MR) is 102 cm³/mol. The number of carbonyl (C=O) groups excluding carboxylic acids is 2. The smallest absolute Gasteiger partial charge is 0.342 e. The van der Waals surface area contributed by atoms with Gasteiger partial charge in [-0.3, -0.25) is 4.79 Å². The van der Waals surface area contributed by atoms with E-state index < -0.39 is 24.2 Å². The number of rotatable bonds is 7. The number of para-hydroxylation sites is 2. The van der Waals surface area contributed by atoms with E-state index in [1.807, 2.05) is 12.1 Å². The fourth-order valence-electron chi connectivity index (χ4n) is 2.50. The normalized spacial score (nSPS) is 10.2. The van der Waals surface area contributed by atoms with E-state index in [9.17, 15) is 14.0 Å². The molecule has 0 spiro atoms. The van der Waals surface area contributed by atoms with Crippen molar-refractivity contribution in [1.82, 2.24) is 4.98 Å². The number of carbonyl (C=O) groups is 2. The first kappa shape index (κ1) is 19.0. The number of nitrogens with zero attached hydrogens (tertiary/aromatic N) is 1. The highest BCUT2D eigenvalue weighted by atomic mass is 19.1. The number of benzene rings is 2. The number of Topliss-reactive ketones (excluding diaryl/α,β-unsaturated/α-hetero) is 1. The van der Waals surface area contributed by atoms with Crippen molar-refractivity contribution < 1.29 is 23.5 Å². The minimum atomic E-state index is -0.727. The molecule has 1 heterocycles. The summed E-state index contributed by atoms with van der Waals surface area (Å²) in [5, 5.41) is 3.03. The van der Waals surface area contributed by atoms with Gasteiger partial charge in [0.15, 0.2) is 12.4 Å². The molecule has 0 amide bonds. The van der Waals surface area contributed by atoms with Crippen molar-refractivity contribution in [2.45, 2.75) is 0 Å². The molecule has 0 bridgehead atoms. The van der Waals surface area contributed by atoms with Gasteiger partial charge in [-0.2, -0.15) is 0 Å². The van der Waals surface area contributed by atoms with Gasteiger partial charge in [-0.15, -0.1) is 0 Å². The average molecular weight is 380 g/mol. The van der Waals surface area contributed by atoms with E-state index in [-0.39, 0.29) is 16.9 Å². The van der Waals surface area contributed by atoms with Crippen molar-refractivity contribution in [2.24, 2.45) is 0 Å². The first-order valence-electron chi connectivity index (χ1n) is 8.39. The van der Waals surface area contributed by atoms with Crippen molar-refractivity contribution in [3.63, 3.8) is 0 Å². The van der Waals surface area contributed by atoms with Gasteiger partial charge in [-0.1, -0.05) is 24.3 Å². The molecule has 3 rings (SSSR count). The quantitative estimate of drug-likeness (QED) is 0.493. The molecule has 0 aliphatic heterocycles. The number of nitrogens with one attached hydrogen (secondary N) is 1. The lowest BCUT2D eigenvalue weighted by atomic mass is 10.1. The molecule has 1 aromatic heterocycles. The summed E-state index contributed by atoms with van der Waals surface area (Å²) in [6.45, 7) is -0.509. The first-order valence-corrected chi connectivity index (χ1v) is 8.39. The van der Waals surface area contributed by atoms with Crippen LogP contribution in [0.2, 0.25) is 0 Å². The second-order valence-corrected chi connectivity index (χ2v) is 5.73. The van der Waals surface area contributed by atoms with Gasteiger partial charge in [-0.05, 0) is 36.4 Å². The van der Waals surface area contributed by atoms with E-state index in [0.717, 1.165) is 6.07 Å². The van der Waals surface area contributed by atoms with E-state index in [4.69, 9.17) is 9.47 Å². The Morgan fingerprint density at radius 2 is 1.89 bits per heavy atom. The Labute approximate surface area is 160 Å². The average Bonchev–Trinajstić information content (AvgIpc) is 2.72. The van der Waals surface area contributed by atoms with Crippen LogP contribution in [-0.2, 0) is 4.74 Å². The molecule has 0 radical (unpaired) electrons. The maximum absolute atomic E-state index is 13.2. The summed E-state index contributed by atoms with van der Waals surface area (Å²) in [4.78, 5) is 28.7. The van der Waals surface area contributed by atoms with Gasteiger partial charge < -0.3 is 14.8 Å². The molecule has 0 atom stereocenters. The van der Waals surface area contributed by atoms with Crippen LogP contribution in [0.25, 0.3) is 0 Å². The highest BCUT2D eigenvalue weighted by Crippen LogP contribution is 2.27. The molecule has 28 heavy (non-hydrogen) atoms. The van der Waals surface area contributed by atoms with Crippen LogP contribution in [0.3, 0.4) is 0 Å². The predicted octanol–water partition coefficient (Wildman–Crippen LogP) is 4.01. The highest BCUT2D eigenvalue weighted by Gasteiger charge is 2.17. The maximum Gasteiger partial charge on any atom is 0.342 e. The fraction of sp³-hybridized carbons (Fsp3) is 0.0952. The summed E-state index contributed by atoms with van der Waals surface area (Å²) in [7, 11) is 1.53. The van der Waals surface area contributed by atoms with E-state index >= 15 is 0 Å². The zero-order chi connectivity index (χ0) is 19.9. The van der Waals surface area contributed by atoms with Crippen LogP contribution in [0.1, 0.15) is 20.7 Å². The van der Waals surface area contributed by atoms with E-state index in [1.165, 1.54) is 37.6 Å². The Morgan fingerprint density at radius 1 is 1.07 bits per heavy atom. The summed E-state index contributed by atoms with van der Waals surface area (Å²) in [5.41, 5.74) is 0.903. The molecule has 0 aliphatic carbocycles. The largest absolute Gasteiger partial charge is 0.495 e. The number of ketones is 1. The summed E-state index contributed by atoms with van der Waals surface area (Å²) in [5.74, 6) is -0.928. The molecule has 0 aliphatic rings. The van der Waals surface area contributed by atoms with Crippen molar-refractivity contribution in [3.8, 4) is 5.75 Å². The van der Waals surface area contributed by atoms with Crippen LogP contribution in [-0.4, -0.2) is 30.5 Å². The SMILES string of the molecule is COc1ccccc1Nc1ncccc1C(=O)OCC(=O)c1cccc(F)c1. The molecule has 142 valence electrons. The van der Waals surface area contributed by atoms with Crippen molar-refractivity contribution in [2.75, 3.05) is 19.0 Å². The van der Waals surface area contributed by atoms with Gasteiger partial charge in [-0.25, -0.2) is 14.2 Å². The molecule has 0 fully saturated rings. The molecule has 6 nitrogen and oxygen atoms in total. The summed E-state index contributed by atoms with van der Waals surface area (Å²) in [6, 6.07) is 15.5. The summed E-state index contributed by atoms with van der Waals surface area (Å²) >= 11 is 0. The number of ether oxygens (including phenoxy) is 2. The molecule has 0 unspecified atom stereocenters. The van der Waals surface area contributed by atoms with Crippen LogP contribution in [0.15, 0.2) is 66.9 Å². The van der Waals surface area contributed by atoms with Crippen LogP contribution in [0.5, 0.6) is 5.75 Å². The second-order valence-electron chi connectivity index (χ2n) is 5.73. The van der Waals surface area contributed by atoms with Crippen LogP contribution >= 0.6 is 0 Å². The van der Waals surface area contributed by atoms with E-state index in [1.54, 1.807) is 18.2 Å². The lowest BCUT2D eigenvalue weighted by Gasteiger charge is -2.13. The Balaban J connectivity index is 1.73. The number of hydrogen-bond acceptors (Lipinski definition) is 6. The zero-order valence-corrected chi connectivity index (χ0v) is 15.0. The summed E-state index contributed by atoms with van der Waals surface area (Å²) in [6.07, 6.45) is 1.52. The van der Waals surface area contributed by atoms with Gasteiger partial charge in [0.1, 0.15) is 22.9 Å². The third-order valence-electron chi connectivity index (χ3n) is 3.87. The maximum atomic E-state index is 13.2. The van der Waals surface area contributed by atoms with Gasteiger partial charge in [0, 0.05) is 11.8 Å². The van der Waals surface area contributed by atoms with Gasteiger partial charge in [0.25, 0.3) is 0 Å². The zero-order valence-electron chi connectivity index (χ0n) is 15.0. The molecule has 1 N–H and O–H groups in total. The molecular weight excluding hydrogens is 363 g/mol. The number of aromatic nitrogens is 1. The highest BCUT2D eigenvalue weighted by molar-refractivity contribution is 6.00. The number of pyridine rings is 1. The second kappa shape index (κ2) is 8.77. The molecule has 0 saturated carbocycles. The number of hydrogen-bond donors (Lipinski definition) is 1. The van der Waals surface area contributed by atoms with Gasteiger partial charge >= 0.3 is 5.97 Å². The number of anilines is 2. The molecule has 7 heteroatoms. The van der Waals surface area contributed by atoms with E-state index in [0.29, 0.717) is 11.4 Å². The Bertz CT molecular complexity index is 1010. The van der Waals surface area contributed by atoms with Crippen molar-refractivity contribution in [1.29, 1.82) is 0 Å². The number of esters is 1. The monoisotopic (exact) mass is 380 g/mol. The Morgan fingerprint density at radius 3 is 2.68 bits per heavy atom. The Hall–Kier alpha value is -3.74. The first-order chi connectivity index (χ1) is 13.6. The topological polar surface area (TPSA) is 77.5 Å². The van der Waals surface area contributed by atoms with Crippen LogP contribution in [0.4, 0.5) is 15.9 Å². The number of methoxy groups -OCH3 is 1. The van der Waals surface area contributed by atoms with Crippen LogP contribution < -0.4 is 10.1 Å². The third-order valence-corrected chi connectivity index (χ3v) is 3.87. The van der Waals surface area contributed by atoms with Crippen LogP contribution in [0, 0.1) is 5.82 Å². The lowest BCUT2D eigenvalue weighted by Crippen LogP contribution is -2.16. The summed E-state index contributed by atoms with van der Waals surface area (Å²) < 4.78 is 23.6. The fourth-order valence-corrected chi connectivity index (χ4v) is 2.50. The lowest BCUT2D eigenvalue weighted by molar-refractivity contribution is 0.0475. The standard InChI is InChI=1S/C21H17FN2O4/c1-27-19-10-3-2-9-17(19)24-20-16(8-5-11-23-20)21(26)28-13-18(25)14-6-4-7-15(22)12-14/h2-12H,13H2,1H3,(H,23,24). The minimum absolute atomic E-state index is 0.131. The number of halogens is 1.